The molecule has 162 valence electrons. The largest absolute Gasteiger partial charge is 0.497 e. The average molecular weight is 427 g/mol. The molecule has 1 aliphatic heterocycles. The highest BCUT2D eigenvalue weighted by Gasteiger charge is 2.16. The molecule has 1 aromatic heterocycles. The Kier molecular flexibility index (Phi) is 6.61. The van der Waals surface area contributed by atoms with Crippen molar-refractivity contribution in [2.45, 2.75) is 6.54 Å². The monoisotopic (exact) mass is 427 g/mol. The first-order chi connectivity index (χ1) is 14.9. The van der Waals surface area contributed by atoms with Crippen molar-refractivity contribution >= 4 is 17.9 Å². The number of carboxylic acid groups (broad SMARTS) is 2. The lowest BCUT2D eigenvalue weighted by atomic mass is 10.1. The molecule has 0 amide bonds. The van der Waals surface area contributed by atoms with Crippen molar-refractivity contribution in [3.8, 4) is 28.5 Å². The van der Waals surface area contributed by atoms with Gasteiger partial charge in [-0.25, -0.2) is 14.6 Å². The summed E-state index contributed by atoms with van der Waals surface area (Å²) in [4.78, 5) is 22.7. The lowest BCUT2D eigenvalue weighted by Crippen LogP contribution is -2.09. The number of carboxylic acids is 2. The summed E-state index contributed by atoms with van der Waals surface area (Å²) in [5.41, 5.74) is 3.21. The second kappa shape index (κ2) is 9.53. The van der Waals surface area contributed by atoms with E-state index in [4.69, 9.17) is 34.0 Å². The van der Waals surface area contributed by atoms with Gasteiger partial charge in [-0.15, -0.1) is 0 Å². The molecular weight excluding hydrogens is 406 g/mol. The Morgan fingerprint density at radius 2 is 1.77 bits per heavy atom. The summed E-state index contributed by atoms with van der Waals surface area (Å²) in [6.07, 6.45) is 1.86. The molecule has 2 aromatic carbocycles. The number of methoxy groups -OCH3 is 1. The van der Waals surface area contributed by atoms with Gasteiger partial charge in [0.2, 0.25) is 12.7 Å². The van der Waals surface area contributed by atoms with Crippen molar-refractivity contribution in [1.29, 1.82) is 0 Å². The molecule has 3 N–H and O–H groups in total. The van der Waals surface area contributed by atoms with Crippen LogP contribution in [0.25, 0.3) is 11.3 Å². The van der Waals surface area contributed by atoms with Crippen molar-refractivity contribution < 1.29 is 34.0 Å². The molecular formula is C21H21N3O7. The number of carbonyl (C=O) groups is 2. The third kappa shape index (κ3) is 5.24. The molecule has 2 heterocycles. The molecule has 0 aliphatic carbocycles. The van der Waals surface area contributed by atoms with Gasteiger partial charge in [-0.05, 0) is 35.9 Å². The first-order valence-corrected chi connectivity index (χ1v) is 9.13. The summed E-state index contributed by atoms with van der Waals surface area (Å²) in [7, 11) is 3.65. The fourth-order valence-electron chi connectivity index (χ4n) is 2.82. The molecule has 0 atom stereocenters. The summed E-state index contributed by atoms with van der Waals surface area (Å²) >= 11 is 0. The van der Waals surface area contributed by atoms with E-state index in [1.165, 1.54) is 0 Å². The predicted octanol–water partition coefficient (Wildman–Crippen LogP) is 2.59. The number of benzene rings is 2. The molecule has 0 radical (unpaired) electrons. The Morgan fingerprint density at radius 3 is 2.42 bits per heavy atom. The van der Waals surface area contributed by atoms with Crippen LogP contribution in [0.5, 0.6) is 17.2 Å². The summed E-state index contributed by atoms with van der Waals surface area (Å²) < 4.78 is 18.0. The van der Waals surface area contributed by atoms with Crippen LogP contribution in [0.3, 0.4) is 0 Å². The number of aromatic nitrogens is 2. The smallest absolute Gasteiger partial charge is 0.414 e. The van der Waals surface area contributed by atoms with Gasteiger partial charge in [0.1, 0.15) is 5.75 Å². The Morgan fingerprint density at radius 1 is 1.10 bits per heavy atom. The third-order valence-corrected chi connectivity index (χ3v) is 4.45. The zero-order valence-corrected chi connectivity index (χ0v) is 16.9. The molecule has 0 spiro atoms. The van der Waals surface area contributed by atoms with E-state index in [0.29, 0.717) is 6.54 Å². The van der Waals surface area contributed by atoms with E-state index in [-0.39, 0.29) is 6.79 Å². The lowest BCUT2D eigenvalue weighted by molar-refractivity contribution is -0.159. The van der Waals surface area contributed by atoms with Crippen LogP contribution in [0.1, 0.15) is 5.56 Å². The Labute approximate surface area is 177 Å². The zero-order chi connectivity index (χ0) is 22.4. The van der Waals surface area contributed by atoms with Crippen LogP contribution in [0.15, 0.2) is 48.7 Å². The fourth-order valence-corrected chi connectivity index (χ4v) is 2.82. The van der Waals surface area contributed by atoms with Crippen LogP contribution in [0.2, 0.25) is 0 Å². The van der Waals surface area contributed by atoms with E-state index < -0.39 is 11.9 Å². The Balaban J connectivity index is 0.000000401. The molecule has 10 heteroatoms. The van der Waals surface area contributed by atoms with E-state index >= 15 is 0 Å². The topological polar surface area (TPSA) is 132 Å². The molecule has 0 unspecified atom stereocenters. The number of imidazole rings is 1. The fraction of sp³-hybridized carbons (Fsp3) is 0.190. The number of nitrogens with one attached hydrogen (secondary N) is 1. The normalized spacial score (nSPS) is 11.3. The van der Waals surface area contributed by atoms with E-state index in [2.05, 4.69) is 10.3 Å². The molecule has 10 nitrogen and oxygen atoms in total. The van der Waals surface area contributed by atoms with Gasteiger partial charge in [-0.3, -0.25) is 0 Å². The Bertz CT molecular complexity index is 1070. The summed E-state index contributed by atoms with van der Waals surface area (Å²) in [6.45, 7) is 0.967. The quantitative estimate of drug-likeness (QED) is 0.526. The maximum Gasteiger partial charge on any atom is 0.414 e. The standard InChI is InChI=1S/C19H19N3O3.C2H2O4/c1-22-16(14-5-8-17-18(9-14)25-12-24-17)11-21-19(22)20-10-13-3-6-15(23-2)7-4-13;3-1(4)2(5)6/h3-9,11H,10,12H2,1-2H3,(H,20,21);(H,3,4)(H,5,6). The molecule has 0 saturated carbocycles. The molecule has 0 saturated heterocycles. The molecule has 0 fully saturated rings. The van der Waals surface area contributed by atoms with Gasteiger partial charge in [0.25, 0.3) is 0 Å². The molecule has 31 heavy (non-hydrogen) atoms. The van der Waals surface area contributed by atoms with E-state index in [1.807, 2.05) is 60.3 Å². The molecule has 3 aromatic rings. The number of anilines is 1. The maximum absolute atomic E-state index is 9.10. The minimum absolute atomic E-state index is 0.277. The average Bonchev–Trinajstić information content (AvgIpc) is 3.38. The number of fused-ring (bicyclic) bond motifs is 1. The number of rotatable bonds is 5. The van der Waals surface area contributed by atoms with Crippen LogP contribution < -0.4 is 19.5 Å². The van der Waals surface area contributed by atoms with E-state index in [1.54, 1.807) is 7.11 Å². The molecule has 0 bridgehead atoms. The van der Waals surface area contributed by atoms with Crippen molar-refractivity contribution in [3.63, 3.8) is 0 Å². The van der Waals surface area contributed by atoms with Crippen molar-refractivity contribution in [2.24, 2.45) is 7.05 Å². The molecule has 1 aliphatic rings. The van der Waals surface area contributed by atoms with Gasteiger partial charge >= 0.3 is 11.9 Å². The number of hydrogen-bond acceptors (Lipinski definition) is 7. The van der Waals surface area contributed by atoms with Crippen LogP contribution >= 0.6 is 0 Å². The Hall–Kier alpha value is -4.21. The molecule has 4 rings (SSSR count). The lowest BCUT2D eigenvalue weighted by Gasteiger charge is -2.09. The van der Waals surface area contributed by atoms with Crippen LogP contribution in [0, 0.1) is 0 Å². The summed E-state index contributed by atoms with van der Waals surface area (Å²) in [5, 5.41) is 18.1. The highest BCUT2D eigenvalue weighted by molar-refractivity contribution is 6.27. The highest BCUT2D eigenvalue weighted by atomic mass is 16.7. The number of nitrogens with zero attached hydrogens (tertiary/aromatic N) is 2. The van der Waals surface area contributed by atoms with Gasteiger partial charge in [-0.2, -0.15) is 0 Å². The van der Waals surface area contributed by atoms with Gasteiger partial charge in [-0.1, -0.05) is 12.1 Å². The highest BCUT2D eigenvalue weighted by Crippen LogP contribution is 2.36. The number of aliphatic carboxylic acids is 2. The van der Waals surface area contributed by atoms with E-state index in [0.717, 1.165) is 40.0 Å². The third-order valence-electron chi connectivity index (χ3n) is 4.45. The second-order valence-electron chi connectivity index (χ2n) is 6.41. The van der Waals surface area contributed by atoms with Crippen LogP contribution in [-0.4, -0.2) is 45.6 Å². The van der Waals surface area contributed by atoms with Gasteiger partial charge in [0.15, 0.2) is 11.5 Å². The number of ether oxygens (including phenoxy) is 3. The van der Waals surface area contributed by atoms with Crippen molar-refractivity contribution in [3.05, 3.63) is 54.2 Å². The SMILES string of the molecule is COc1ccc(CNc2ncc(-c3ccc4c(c3)OCO4)n2C)cc1.O=C(O)C(=O)O. The van der Waals surface area contributed by atoms with Gasteiger partial charge in [0, 0.05) is 19.2 Å². The summed E-state index contributed by atoms with van der Waals surface area (Å²) in [6, 6.07) is 13.9. The van der Waals surface area contributed by atoms with Crippen molar-refractivity contribution in [1.82, 2.24) is 9.55 Å². The van der Waals surface area contributed by atoms with Crippen LogP contribution in [-0.2, 0) is 23.2 Å². The zero-order valence-electron chi connectivity index (χ0n) is 16.9. The summed E-state index contributed by atoms with van der Waals surface area (Å²) in [5.74, 6) is -0.436. The van der Waals surface area contributed by atoms with Gasteiger partial charge < -0.3 is 34.3 Å². The predicted molar refractivity (Wildman–Crippen MR) is 110 cm³/mol. The second-order valence-corrected chi connectivity index (χ2v) is 6.41. The minimum atomic E-state index is -1.82. The van der Waals surface area contributed by atoms with Crippen LogP contribution in [0.4, 0.5) is 5.95 Å². The number of hydrogen-bond donors (Lipinski definition) is 3. The van der Waals surface area contributed by atoms with Crippen molar-refractivity contribution in [2.75, 3.05) is 19.2 Å². The minimum Gasteiger partial charge on any atom is -0.497 e. The maximum atomic E-state index is 9.10. The first kappa shape index (κ1) is 21.5. The van der Waals surface area contributed by atoms with E-state index in [9.17, 15) is 0 Å². The first-order valence-electron chi connectivity index (χ1n) is 9.13. The van der Waals surface area contributed by atoms with Gasteiger partial charge in [0.05, 0.1) is 19.0 Å².